The fraction of sp³-hybridized carbons (Fsp3) is 0.412. The van der Waals surface area contributed by atoms with Crippen LogP contribution in [-0.2, 0) is 17.6 Å². The van der Waals surface area contributed by atoms with Crippen molar-refractivity contribution in [2.24, 2.45) is 0 Å². The van der Waals surface area contributed by atoms with Crippen molar-refractivity contribution >= 4 is 11.3 Å². The quantitative estimate of drug-likeness (QED) is 0.907. The van der Waals surface area contributed by atoms with Gasteiger partial charge in [-0.1, -0.05) is 24.3 Å². The lowest BCUT2D eigenvalue weighted by Crippen LogP contribution is -2.31. The van der Waals surface area contributed by atoms with Crippen molar-refractivity contribution in [2.45, 2.75) is 31.4 Å². The summed E-state index contributed by atoms with van der Waals surface area (Å²) in [6, 6.07) is 11.4. The van der Waals surface area contributed by atoms with Gasteiger partial charge in [0.2, 0.25) is 0 Å². The van der Waals surface area contributed by atoms with Gasteiger partial charge < -0.3 is 10.1 Å². The summed E-state index contributed by atoms with van der Waals surface area (Å²) in [4.78, 5) is 0. The molecule has 1 N–H and O–H groups in total. The molecule has 1 aromatic heterocycles. The van der Waals surface area contributed by atoms with Gasteiger partial charge in [-0.25, -0.2) is 0 Å². The lowest BCUT2D eigenvalue weighted by Gasteiger charge is -2.29. The highest BCUT2D eigenvalue weighted by molar-refractivity contribution is 7.07. The second-order valence-corrected chi connectivity index (χ2v) is 6.15. The maximum absolute atomic E-state index is 6.02. The third-order valence-corrected chi connectivity index (χ3v) is 4.79. The molecule has 20 heavy (non-hydrogen) atoms. The van der Waals surface area contributed by atoms with E-state index in [0.717, 1.165) is 25.9 Å². The third kappa shape index (κ3) is 3.11. The van der Waals surface area contributed by atoms with Crippen molar-refractivity contribution in [3.8, 4) is 0 Å². The predicted molar refractivity (Wildman–Crippen MR) is 84.3 cm³/mol. The van der Waals surface area contributed by atoms with Crippen molar-refractivity contribution in [1.29, 1.82) is 0 Å². The van der Waals surface area contributed by atoms with Crippen LogP contribution in [0.4, 0.5) is 0 Å². The molecule has 1 aliphatic rings. The van der Waals surface area contributed by atoms with Gasteiger partial charge in [0.15, 0.2) is 0 Å². The molecule has 2 nitrogen and oxygen atoms in total. The van der Waals surface area contributed by atoms with Crippen molar-refractivity contribution < 1.29 is 4.74 Å². The number of benzene rings is 1. The third-order valence-electron chi connectivity index (χ3n) is 4.06. The first kappa shape index (κ1) is 13.8. The Kier molecular flexibility index (Phi) is 4.51. The van der Waals surface area contributed by atoms with E-state index in [-0.39, 0.29) is 6.10 Å². The van der Waals surface area contributed by atoms with E-state index in [1.54, 1.807) is 11.3 Å². The Morgan fingerprint density at radius 1 is 1.35 bits per heavy atom. The van der Waals surface area contributed by atoms with Crippen LogP contribution in [0, 0.1) is 0 Å². The summed E-state index contributed by atoms with van der Waals surface area (Å²) in [5.41, 5.74) is 4.25. The Morgan fingerprint density at radius 3 is 3.05 bits per heavy atom. The normalized spacial score (nSPS) is 19.6. The smallest absolute Gasteiger partial charge is 0.0842 e. The van der Waals surface area contributed by atoms with E-state index >= 15 is 0 Å². The van der Waals surface area contributed by atoms with E-state index in [4.69, 9.17) is 4.74 Å². The number of rotatable bonds is 5. The summed E-state index contributed by atoms with van der Waals surface area (Å²) >= 11 is 1.77. The molecule has 0 bridgehead atoms. The molecule has 2 heterocycles. The SMILES string of the molecule is CNC(Cc1ccsc1)CC1OCCc2ccccc21. The lowest BCUT2D eigenvalue weighted by molar-refractivity contribution is 0.0300. The van der Waals surface area contributed by atoms with Crippen LogP contribution in [0.3, 0.4) is 0 Å². The van der Waals surface area contributed by atoms with Crippen LogP contribution in [0.2, 0.25) is 0 Å². The molecule has 3 rings (SSSR count). The zero-order chi connectivity index (χ0) is 13.8. The van der Waals surface area contributed by atoms with Gasteiger partial charge in [-0.3, -0.25) is 0 Å². The Bertz CT molecular complexity index is 538. The van der Waals surface area contributed by atoms with Crippen LogP contribution in [0.15, 0.2) is 41.1 Å². The topological polar surface area (TPSA) is 21.3 Å². The van der Waals surface area contributed by atoms with Crippen molar-refractivity contribution in [1.82, 2.24) is 5.32 Å². The minimum absolute atomic E-state index is 0.232. The Morgan fingerprint density at radius 2 is 2.25 bits per heavy atom. The minimum atomic E-state index is 0.232. The van der Waals surface area contributed by atoms with Gasteiger partial charge in [-0.2, -0.15) is 11.3 Å². The van der Waals surface area contributed by atoms with E-state index in [1.807, 2.05) is 7.05 Å². The van der Waals surface area contributed by atoms with E-state index in [1.165, 1.54) is 16.7 Å². The monoisotopic (exact) mass is 287 g/mol. The molecule has 106 valence electrons. The zero-order valence-corrected chi connectivity index (χ0v) is 12.7. The summed E-state index contributed by atoms with van der Waals surface area (Å²) in [5.74, 6) is 0. The molecule has 0 spiro atoms. The van der Waals surface area contributed by atoms with Gasteiger partial charge in [0, 0.05) is 6.04 Å². The molecule has 0 fully saturated rings. The van der Waals surface area contributed by atoms with Crippen LogP contribution in [0.5, 0.6) is 0 Å². The summed E-state index contributed by atoms with van der Waals surface area (Å²) in [6.45, 7) is 0.844. The number of fused-ring (bicyclic) bond motifs is 1. The Balaban J connectivity index is 1.70. The molecule has 2 atom stereocenters. The maximum Gasteiger partial charge on any atom is 0.0842 e. The van der Waals surface area contributed by atoms with E-state index in [2.05, 4.69) is 46.4 Å². The largest absolute Gasteiger partial charge is 0.373 e. The first-order valence-electron chi connectivity index (χ1n) is 7.24. The summed E-state index contributed by atoms with van der Waals surface area (Å²) in [5, 5.41) is 7.83. The van der Waals surface area contributed by atoms with Crippen LogP contribution in [0.25, 0.3) is 0 Å². The van der Waals surface area contributed by atoms with Gasteiger partial charge >= 0.3 is 0 Å². The van der Waals surface area contributed by atoms with E-state index < -0.39 is 0 Å². The molecule has 1 aliphatic heterocycles. The Hall–Kier alpha value is -1.16. The molecule has 0 aliphatic carbocycles. The number of nitrogens with one attached hydrogen (secondary N) is 1. The van der Waals surface area contributed by atoms with Crippen molar-refractivity contribution in [3.05, 3.63) is 57.8 Å². The average molecular weight is 287 g/mol. The highest BCUT2D eigenvalue weighted by Gasteiger charge is 2.23. The van der Waals surface area contributed by atoms with Gasteiger partial charge in [0.1, 0.15) is 0 Å². The van der Waals surface area contributed by atoms with Crippen LogP contribution < -0.4 is 5.32 Å². The lowest BCUT2D eigenvalue weighted by atomic mass is 9.92. The van der Waals surface area contributed by atoms with Crippen molar-refractivity contribution in [3.63, 3.8) is 0 Å². The first-order valence-corrected chi connectivity index (χ1v) is 8.19. The molecule has 0 saturated heterocycles. The Labute approximate surface area is 124 Å². The number of likely N-dealkylation sites (N-methyl/N-ethyl adjacent to an activating group) is 1. The maximum atomic E-state index is 6.02. The summed E-state index contributed by atoms with van der Waals surface area (Å²) in [6.07, 6.45) is 3.38. The predicted octanol–water partition coefficient (Wildman–Crippen LogP) is 3.58. The molecule has 3 heteroatoms. The molecule has 0 saturated carbocycles. The van der Waals surface area contributed by atoms with Gasteiger partial charge in [-0.05, 0) is 59.8 Å². The van der Waals surface area contributed by atoms with E-state index in [0.29, 0.717) is 6.04 Å². The first-order chi connectivity index (χ1) is 9.86. The standard InChI is InChI=1S/C17H21NOS/c1-18-15(10-13-7-9-20-12-13)11-17-16-5-3-2-4-14(16)6-8-19-17/h2-5,7,9,12,15,17-18H,6,8,10-11H2,1H3. The highest BCUT2D eigenvalue weighted by Crippen LogP contribution is 2.31. The van der Waals surface area contributed by atoms with Crippen molar-refractivity contribution in [2.75, 3.05) is 13.7 Å². The van der Waals surface area contributed by atoms with Gasteiger partial charge in [-0.15, -0.1) is 0 Å². The molecule has 0 amide bonds. The van der Waals surface area contributed by atoms with Gasteiger partial charge in [0.05, 0.1) is 12.7 Å². The number of hydrogen-bond donors (Lipinski definition) is 1. The van der Waals surface area contributed by atoms with Crippen LogP contribution in [-0.4, -0.2) is 19.7 Å². The fourth-order valence-electron chi connectivity index (χ4n) is 2.93. The second kappa shape index (κ2) is 6.53. The molecular formula is C17H21NOS. The number of ether oxygens (including phenoxy) is 1. The fourth-order valence-corrected chi connectivity index (χ4v) is 3.61. The van der Waals surface area contributed by atoms with E-state index in [9.17, 15) is 0 Å². The van der Waals surface area contributed by atoms with Gasteiger partial charge in [0.25, 0.3) is 0 Å². The number of hydrogen-bond acceptors (Lipinski definition) is 3. The molecule has 2 unspecified atom stereocenters. The molecular weight excluding hydrogens is 266 g/mol. The number of thiophene rings is 1. The minimum Gasteiger partial charge on any atom is -0.373 e. The molecule has 0 radical (unpaired) electrons. The van der Waals surface area contributed by atoms with Crippen LogP contribution in [0.1, 0.15) is 29.2 Å². The second-order valence-electron chi connectivity index (χ2n) is 5.37. The summed E-state index contributed by atoms with van der Waals surface area (Å²) < 4.78 is 6.02. The van der Waals surface area contributed by atoms with Crippen LogP contribution >= 0.6 is 11.3 Å². The highest BCUT2D eigenvalue weighted by atomic mass is 32.1. The zero-order valence-electron chi connectivity index (χ0n) is 11.8. The molecule has 1 aromatic carbocycles. The average Bonchev–Trinajstić information content (AvgIpc) is 3.00. The summed E-state index contributed by atoms with van der Waals surface area (Å²) in [7, 11) is 2.05. The molecule has 2 aromatic rings.